The number of hydrogen-bond donors (Lipinski definition) is 1. The number of aromatic nitrogens is 1. The number of fused-ring (bicyclic) bond motifs is 4. The van der Waals surface area contributed by atoms with Crippen molar-refractivity contribution in [1.29, 1.82) is 0 Å². The third-order valence-corrected chi connectivity index (χ3v) is 5.92. The van der Waals surface area contributed by atoms with E-state index < -0.39 is 0 Å². The number of nitrogens with zero attached hydrogens (tertiary/aromatic N) is 2. The van der Waals surface area contributed by atoms with Gasteiger partial charge in [0, 0.05) is 40.6 Å². The summed E-state index contributed by atoms with van der Waals surface area (Å²) in [5.74, 6) is 0.0993. The van der Waals surface area contributed by atoms with Crippen LogP contribution in [0.2, 0.25) is 0 Å². The molecule has 1 unspecified atom stereocenters. The van der Waals surface area contributed by atoms with Gasteiger partial charge < -0.3 is 14.8 Å². The van der Waals surface area contributed by atoms with E-state index in [1.807, 2.05) is 29.2 Å². The lowest BCUT2D eigenvalue weighted by molar-refractivity contribution is 0.0683. The van der Waals surface area contributed by atoms with Crippen molar-refractivity contribution in [3.05, 3.63) is 77.9 Å². The summed E-state index contributed by atoms with van der Waals surface area (Å²) < 4.78 is 2.35. The number of aryl methyl sites for hydroxylation is 1. The number of benzene rings is 3. The topological polar surface area (TPSA) is 37.3 Å². The van der Waals surface area contributed by atoms with Crippen molar-refractivity contribution in [3.8, 4) is 0 Å². The molecule has 3 aromatic carbocycles. The Balaban J connectivity index is 1.68. The third kappa shape index (κ3) is 2.70. The predicted molar refractivity (Wildman–Crippen MR) is 119 cm³/mol. The molecule has 0 bridgehead atoms. The molecular weight excluding hydrogens is 358 g/mol. The Morgan fingerprint density at radius 2 is 1.66 bits per heavy atom. The Hall–Kier alpha value is -3.27. The van der Waals surface area contributed by atoms with Crippen LogP contribution >= 0.6 is 0 Å². The van der Waals surface area contributed by atoms with Crippen molar-refractivity contribution in [2.45, 2.75) is 33.0 Å². The lowest BCUT2D eigenvalue weighted by Crippen LogP contribution is -2.43. The molecule has 1 amide bonds. The van der Waals surface area contributed by atoms with Gasteiger partial charge in [-0.3, -0.25) is 4.79 Å². The molecule has 0 aliphatic carbocycles. The van der Waals surface area contributed by atoms with Crippen LogP contribution in [0.1, 0.15) is 42.4 Å². The minimum absolute atomic E-state index is 0.0993. The van der Waals surface area contributed by atoms with Gasteiger partial charge in [0.1, 0.15) is 6.17 Å². The van der Waals surface area contributed by atoms with Gasteiger partial charge >= 0.3 is 0 Å². The second kappa shape index (κ2) is 6.96. The van der Waals surface area contributed by atoms with Crippen molar-refractivity contribution < 1.29 is 4.79 Å². The van der Waals surface area contributed by atoms with Crippen LogP contribution in [0.25, 0.3) is 21.8 Å². The van der Waals surface area contributed by atoms with Crippen LogP contribution in [0.5, 0.6) is 0 Å². The largest absolute Gasteiger partial charge is 0.361 e. The highest BCUT2D eigenvalue weighted by atomic mass is 16.2. The first kappa shape index (κ1) is 17.8. The highest BCUT2D eigenvalue weighted by Gasteiger charge is 2.32. The highest BCUT2D eigenvalue weighted by molar-refractivity contribution is 6.08. The van der Waals surface area contributed by atoms with E-state index in [4.69, 9.17) is 0 Å². The zero-order valence-corrected chi connectivity index (χ0v) is 16.9. The van der Waals surface area contributed by atoms with E-state index in [0.717, 1.165) is 36.3 Å². The van der Waals surface area contributed by atoms with Crippen LogP contribution in [0.4, 0.5) is 5.69 Å². The van der Waals surface area contributed by atoms with Crippen LogP contribution < -0.4 is 5.32 Å². The van der Waals surface area contributed by atoms with Gasteiger partial charge in [0.2, 0.25) is 0 Å². The molecule has 29 heavy (non-hydrogen) atoms. The Kier molecular flexibility index (Phi) is 4.27. The van der Waals surface area contributed by atoms with Crippen molar-refractivity contribution >= 4 is 33.4 Å². The van der Waals surface area contributed by atoms with Gasteiger partial charge in [0.25, 0.3) is 5.91 Å². The molecule has 1 atom stereocenters. The maximum atomic E-state index is 13.2. The summed E-state index contributed by atoms with van der Waals surface area (Å²) in [5.41, 5.74) is 5.27. The summed E-state index contributed by atoms with van der Waals surface area (Å²) in [6.45, 7) is 5.95. The molecule has 2 heterocycles. The Morgan fingerprint density at radius 3 is 2.48 bits per heavy atom. The van der Waals surface area contributed by atoms with Crippen LogP contribution in [0.3, 0.4) is 0 Å². The molecule has 0 saturated carbocycles. The molecule has 4 heteroatoms. The zero-order valence-electron chi connectivity index (χ0n) is 16.9. The van der Waals surface area contributed by atoms with Crippen molar-refractivity contribution in [2.24, 2.45) is 0 Å². The number of rotatable bonds is 4. The number of nitrogens with one attached hydrogen (secondary N) is 1. The fraction of sp³-hybridized carbons (Fsp3) is 0.240. The van der Waals surface area contributed by atoms with Crippen LogP contribution in [-0.2, 0) is 6.54 Å². The second-order valence-electron chi connectivity index (χ2n) is 7.63. The van der Waals surface area contributed by atoms with Gasteiger partial charge in [-0.15, -0.1) is 0 Å². The van der Waals surface area contributed by atoms with E-state index in [9.17, 15) is 4.79 Å². The number of carbonyl (C=O) groups excluding carboxylic acids is 1. The van der Waals surface area contributed by atoms with Gasteiger partial charge in [-0.1, -0.05) is 43.3 Å². The van der Waals surface area contributed by atoms with Crippen molar-refractivity contribution in [3.63, 3.8) is 0 Å². The smallest absolute Gasteiger partial charge is 0.257 e. The number of hydrogen-bond acceptors (Lipinski definition) is 2. The first-order valence-electron chi connectivity index (χ1n) is 10.4. The first-order valence-corrected chi connectivity index (χ1v) is 10.4. The summed E-state index contributed by atoms with van der Waals surface area (Å²) in [5, 5.41) is 6.11. The number of para-hydroxylation sites is 2. The van der Waals surface area contributed by atoms with Gasteiger partial charge in [0.15, 0.2) is 0 Å². The van der Waals surface area contributed by atoms with E-state index in [2.05, 4.69) is 66.2 Å². The average molecular weight is 383 g/mol. The lowest BCUT2D eigenvalue weighted by Gasteiger charge is -2.38. The highest BCUT2D eigenvalue weighted by Crippen LogP contribution is 2.36. The summed E-state index contributed by atoms with van der Waals surface area (Å²) in [6, 6.07) is 23.0. The molecule has 146 valence electrons. The van der Waals surface area contributed by atoms with E-state index in [1.165, 1.54) is 21.8 Å². The average Bonchev–Trinajstić information content (AvgIpc) is 3.08. The number of anilines is 1. The normalized spacial score (nSPS) is 16.3. The van der Waals surface area contributed by atoms with Gasteiger partial charge in [-0.2, -0.15) is 0 Å². The molecule has 0 saturated heterocycles. The summed E-state index contributed by atoms with van der Waals surface area (Å²) in [7, 11) is 0. The molecule has 1 aliphatic heterocycles. The van der Waals surface area contributed by atoms with E-state index in [0.29, 0.717) is 0 Å². The minimum Gasteiger partial charge on any atom is -0.361 e. The molecule has 1 aromatic heterocycles. The molecule has 0 fully saturated rings. The van der Waals surface area contributed by atoms with E-state index in [-0.39, 0.29) is 12.1 Å². The van der Waals surface area contributed by atoms with E-state index in [1.54, 1.807) is 0 Å². The van der Waals surface area contributed by atoms with E-state index >= 15 is 0 Å². The molecule has 1 aliphatic rings. The van der Waals surface area contributed by atoms with Gasteiger partial charge in [-0.25, -0.2) is 0 Å². The molecule has 1 N–H and O–H groups in total. The quantitative estimate of drug-likeness (QED) is 0.484. The first-order chi connectivity index (χ1) is 14.2. The Labute approximate surface area is 170 Å². The lowest BCUT2D eigenvalue weighted by atomic mass is 10.0. The van der Waals surface area contributed by atoms with Crippen LogP contribution in [-0.4, -0.2) is 21.9 Å². The Bertz CT molecular complexity index is 1220. The molecule has 4 nitrogen and oxygen atoms in total. The maximum absolute atomic E-state index is 13.2. The third-order valence-electron chi connectivity index (χ3n) is 5.92. The van der Waals surface area contributed by atoms with Crippen LogP contribution in [0, 0.1) is 0 Å². The summed E-state index contributed by atoms with van der Waals surface area (Å²) in [6.07, 6.45) is 0.759. The molecule has 0 radical (unpaired) electrons. The SMILES string of the molecule is CCCN1C(=O)c2ccccc2NC1c1ccc2c(c1)c1ccccc1n2CC. The molecular formula is C25H25N3O. The fourth-order valence-electron chi connectivity index (χ4n) is 4.61. The molecule has 4 aromatic rings. The monoisotopic (exact) mass is 383 g/mol. The maximum Gasteiger partial charge on any atom is 0.257 e. The summed E-state index contributed by atoms with van der Waals surface area (Å²) >= 11 is 0. The van der Waals surface area contributed by atoms with Crippen molar-refractivity contribution in [2.75, 3.05) is 11.9 Å². The number of carbonyl (C=O) groups is 1. The van der Waals surface area contributed by atoms with Crippen LogP contribution in [0.15, 0.2) is 66.7 Å². The molecule has 0 spiro atoms. The Morgan fingerprint density at radius 1 is 0.897 bits per heavy atom. The van der Waals surface area contributed by atoms with Gasteiger partial charge in [-0.05, 0) is 49.2 Å². The zero-order chi connectivity index (χ0) is 20.0. The second-order valence-corrected chi connectivity index (χ2v) is 7.63. The van der Waals surface area contributed by atoms with Crippen molar-refractivity contribution in [1.82, 2.24) is 9.47 Å². The predicted octanol–water partition coefficient (Wildman–Crippen LogP) is 5.79. The minimum atomic E-state index is -0.162. The number of amides is 1. The molecule has 5 rings (SSSR count). The standard InChI is InChI=1S/C25H25N3O/c1-3-15-28-24(26-21-11-7-5-10-19(21)25(28)29)17-13-14-23-20(16-17)18-9-6-8-12-22(18)27(23)4-2/h5-14,16,24,26H,3-4,15H2,1-2H3. The fourth-order valence-corrected chi connectivity index (χ4v) is 4.61. The summed E-state index contributed by atoms with van der Waals surface area (Å²) in [4.78, 5) is 15.2. The van der Waals surface area contributed by atoms with Gasteiger partial charge in [0.05, 0.1) is 5.56 Å².